The van der Waals surface area contributed by atoms with Crippen LogP contribution < -0.4 is 10.5 Å². The predicted molar refractivity (Wildman–Crippen MR) is 129 cm³/mol. The summed E-state index contributed by atoms with van der Waals surface area (Å²) in [4.78, 5) is 33.2. The second-order valence-corrected chi connectivity index (χ2v) is 10.1. The van der Waals surface area contributed by atoms with Crippen LogP contribution in [0.4, 0.5) is 5.13 Å². The predicted octanol–water partition coefficient (Wildman–Crippen LogP) is 4.84. The highest BCUT2D eigenvalue weighted by Crippen LogP contribution is 2.35. The number of fused-ring (bicyclic) bond motifs is 1. The molecule has 2 aromatic heterocycles. The summed E-state index contributed by atoms with van der Waals surface area (Å²) in [5.74, 6) is 0.264. The lowest BCUT2D eigenvalue weighted by atomic mass is 9.96. The van der Waals surface area contributed by atoms with Crippen molar-refractivity contribution < 1.29 is 4.79 Å². The van der Waals surface area contributed by atoms with Crippen molar-refractivity contribution in [3.63, 3.8) is 0 Å². The fourth-order valence-corrected chi connectivity index (χ4v) is 6.24. The average molecular weight is 451 g/mol. The summed E-state index contributed by atoms with van der Waals surface area (Å²) in [5, 5.41) is 5.46. The Kier molecular flexibility index (Phi) is 6.09. The lowest BCUT2D eigenvalue weighted by Gasteiger charge is -2.23. The van der Waals surface area contributed by atoms with Crippen LogP contribution >= 0.6 is 11.3 Å². The van der Waals surface area contributed by atoms with Gasteiger partial charge in [0.05, 0.1) is 22.5 Å². The second kappa shape index (κ2) is 9.14. The van der Waals surface area contributed by atoms with Crippen molar-refractivity contribution in [3.05, 3.63) is 51.9 Å². The standard InChI is InChI=1S/C25H30N4O2S/c1-17-23-22(24(31)29(27-17)19-11-6-3-7-12-19)26-25(32-23)28-16-8-13-20(28)21(30)15-14-18-9-4-2-5-10-18/h2,4-5,9-10,19-20H,3,6-8,11-16H2,1H3/t20-/m1/s1. The van der Waals surface area contributed by atoms with E-state index in [0.717, 1.165) is 67.0 Å². The Hall–Kier alpha value is -2.54. The summed E-state index contributed by atoms with van der Waals surface area (Å²) in [7, 11) is 0. The van der Waals surface area contributed by atoms with E-state index in [1.165, 1.54) is 23.3 Å². The molecule has 0 amide bonds. The summed E-state index contributed by atoms with van der Waals surface area (Å²) in [5.41, 5.74) is 2.49. The minimum absolute atomic E-state index is 0.0776. The number of hydrogen-bond donors (Lipinski definition) is 0. The fourth-order valence-electron chi connectivity index (χ4n) is 5.17. The molecule has 2 aliphatic rings. The Balaban J connectivity index is 1.39. The molecule has 1 aromatic carbocycles. The first-order valence-corrected chi connectivity index (χ1v) is 12.7. The van der Waals surface area contributed by atoms with Crippen LogP contribution in [0.2, 0.25) is 0 Å². The molecular formula is C25H30N4O2S. The van der Waals surface area contributed by atoms with Gasteiger partial charge in [-0.2, -0.15) is 5.10 Å². The molecule has 0 radical (unpaired) electrons. The normalized spacial score (nSPS) is 19.7. The van der Waals surface area contributed by atoms with Crippen LogP contribution in [0.1, 0.15) is 68.7 Å². The molecule has 1 aliphatic carbocycles. The van der Waals surface area contributed by atoms with E-state index in [1.54, 1.807) is 4.68 Å². The van der Waals surface area contributed by atoms with Crippen molar-refractivity contribution >= 4 is 32.5 Å². The van der Waals surface area contributed by atoms with Crippen molar-refractivity contribution in [2.24, 2.45) is 0 Å². The molecule has 0 bridgehead atoms. The number of Topliss-reactive ketones (excluding diaryl/α,β-unsaturated/α-hetero) is 1. The van der Waals surface area contributed by atoms with Crippen LogP contribution in [0.25, 0.3) is 10.2 Å². The molecule has 3 aromatic rings. The molecule has 3 heterocycles. The molecule has 32 heavy (non-hydrogen) atoms. The molecule has 0 N–H and O–H groups in total. The Morgan fingerprint density at radius 1 is 1.09 bits per heavy atom. The number of ketones is 1. The first kappa shape index (κ1) is 21.3. The zero-order valence-electron chi connectivity index (χ0n) is 18.6. The number of carbonyl (C=O) groups excluding carboxylic acids is 1. The maximum Gasteiger partial charge on any atom is 0.294 e. The molecule has 6 nitrogen and oxygen atoms in total. The van der Waals surface area contributed by atoms with Crippen LogP contribution in [-0.2, 0) is 11.2 Å². The van der Waals surface area contributed by atoms with E-state index in [9.17, 15) is 9.59 Å². The maximum absolute atomic E-state index is 13.2. The smallest absolute Gasteiger partial charge is 0.294 e. The number of rotatable bonds is 6. The first-order chi connectivity index (χ1) is 15.6. The van der Waals surface area contributed by atoms with Gasteiger partial charge < -0.3 is 4.90 Å². The van der Waals surface area contributed by atoms with Gasteiger partial charge in [0.2, 0.25) is 0 Å². The number of nitrogens with zero attached hydrogens (tertiary/aromatic N) is 4. The number of thiazole rings is 1. The summed E-state index contributed by atoms with van der Waals surface area (Å²) in [6.07, 6.45) is 8.69. The molecular weight excluding hydrogens is 420 g/mol. The molecule has 168 valence electrons. The van der Waals surface area contributed by atoms with E-state index in [4.69, 9.17) is 4.98 Å². The highest BCUT2D eigenvalue weighted by Gasteiger charge is 2.33. The monoisotopic (exact) mass is 450 g/mol. The van der Waals surface area contributed by atoms with E-state index in [2.05, 4.69) is 22.1 Å². The zero-order chi connectivity index (χ0) is 22.1. The molecule has 2 fully saturated rings. The lowest BCUT2D eigenvalue weighted by Crippen LogP contribution is -2.36. The second-order valence-electron chi connectivity index (χ2n) is 9.10. The third-order valence-electron chi connectivity index (χ3n) is 6.91. The van der Waals surface area contributed by atoms with Crippen LogP contribution in [0.15, 0.2) is 35.1 Å². The number of carbonyl (C=O) groups is 1. The quantitative estimate of drug-likeness (QED) is 0.538. The molecule has 7 heteroatoms. The zero-order valence-corrected chi connectivity index (χ0v) is 19.4. The highest BCUT2D eigenvalue weighted by atomic mass is 32.1. The van der Waals surface area contributed by atoms with Crippen molar-refractivity contribution in [2.45, 2.75) is 76.8 Å². The number of hydrogen-bond acceptors (Lipinski definition) is 6. The van der Waals surface area contributed by atoms with Crippen LogP contribution in [0.5, 0.6) is 0 Å². The van der Waals surface area contributed by atoms with E-state index in [0.29, 0.717) is 11.9 Å². The van der Waals surface area contributed by atoms with Gasteiger partial charge in [-0.25, -0.2) is 9.67 Å². The summed E-state index contributed by atoms with van der Waals surface area (Å²) >= 11 is 1.51. The lowest BCUT2D eigenvalue weighted by molar-refractivity contribution is -0.120. The average Bonchev–Trinajstić information content (AvgIpc) is 3.49. The highest BCUT2D eigenvalue weighted by molar-refractivity contribution is 7.22. The van der Waals surface area contributed by atoms with Crippen molar-refractivity contribution in [2.75, 3.05) is 11.4 Å². The van der Waals surface area contributed by atoms with Crippen molar-refractivity contribution in [1.29, 1.82) is 0 Å². The molecule has 0 spiro atoms. The molecule has 5 rings (SSSR count). The topological polar surface area (TPSA) is 68.1 Å². The summed E-state index contributed by atoms with van der Waals surface area (Å²) in [6.45, 7) is 2.78. The van der Waals surface area contributed by atoms with Gasteiger partial charge in [-0.3, -0.25) is 9.59 Å². The first-order valence-electron chi connectivity index (χ1n) is 11.8. The largest absolute Gasteiger partial charge is 0.338 e. The van der Waals surface area contributed by atoms with Gasteiger partial charge in [-0.1, -0.05) is 60.9 Å². The minimum Gasteiger partial charge on any atom is -0.338 e. The van der Waals surface area contributed by atoms with Gasteiger partial charge in [0, 0.05) is 13.0 Å². The van der Waals surface area contributed by atoms with Gasteiger partial charge in [-0.05, 0) is 44.6 Å². The molecule has 0 unspecified atom stereocenters. The van der Waals surface area contributed by atoms with Gasteiger partial charge in [0.1, 0.15) is 0 Å². The van der Waals surface area contributed by atoms with E-state index >= 15 is 0 Å². The van der Waals surface area contributed by atoms with Gasteiger partial charge >= 0.3 is 0 Å². The van der Waals surface area contributed by atoms with E-state index in [1.807, 2.05) is 25.1 Å². The van der Waals surface area contributed by atoms with Crippen molar-refractivity contribution in [1.82, 2.24) is 14.8 Å². The molecule has 1 saturated carbocycles. The third-order valence-corrected chi connectivity index (χ3v) is 8.11. The van der Waals surface area contributed by atoms with E-state index in [-0.39, 0.29) is 23.4 Å². The Bertz CT molecular complexity index is 1160. The fraction of sp³-hybridized carbons (Fsp3) is 0.520. The van der Waals surface area contributed by atoms with Crippen LogP contribution in [0.3, 0.4) is 0 Å². The summed E-state index contributed by atoms with van der Waals surface area (Å²) in [6, 6.07) is 10.2. The number of aryl methyl sites for hydroxylation is 2. The Morgan fingerprint density at radius 2 is 1.88 bits per heavy atom. The molecule has 1 saturated heterocycles. The number of aromatic nitrogens is 3. The van der Waals surface area contributed by atoms with Crippen LogP contribution in [0, 0.1) is 6.92 Å². The molecule has 1 aliphatic heterocycles. The van der Waals surface area contributed by atoms with E-state index < -0.39 is 0 Å². The molecule has 1 atom stereocenters. The Labute approximate surface area is 192 Å². The number of anilines is 1. The van der Waals surface area contributed by atoms with Crippen LogP contribution in [-0.4, -0.2) is 33.1 Å². The maximum atomic E-state index is 13.2. The summed E-state index contributed by atoms with van der Waals surface area (Å²) < 4.78 is 2.55. The minimum atomic E-state index is -0.145. The third kappa shape index (κ3) is 4.10. The Morgan fingerprint density at radius 3 is 2.66 bits per heavy atom. The SMILES string of the molecule is Cc1nn(C2CCCCC2)c(=O)c2nc(N3CCC[C@@H]3C(=O)CCc3ccccc3)sc12. The van der Waals surface area contributed by atoms with Gasteiger partial charge in [0.25, 0.3) is 5.56 Å². The van der Waals surface area contributed by atoms with Crippen molar-refractivity contribution in [3.8, 4) is 0 Å². The van der Waals surface area contributed by atoms with Gasteiger partial charge in [0.15, 0.2) is 16.4 Å². The van der Waals surface area contributed by atoms with Gasteiger partial charge in [-0.15, -0.1) is 0 Å². The number of benzene rings is 1.